The van der Waals surface area contributed by atoms with Crippen LogP contribution in [-0.4, -0.2) is 62.5 Å². The number of hydrogen-bond acceptors (Lipinski definition) is 8. The van der Waals surface area contributed by atoms with Crippen LogP contribution in [0.3, 0.4) is 0 Å². The summed E-state index contributed by atoms with van der Waals surface area (Å²) < 4.78 is 5.16. The average Bonchev–Trinajstić information content (AvgIpc) is 3.27. The molecule has 4 amide bonds. The zero-order chi connectivity index (χ0) is 29.6. The maximum absolute atomic E-state index is 14.0. The molecule has 6 rings (SSSR count). The van der Waals surface area contributed by atoms with Gasteiger partial charge in [-0.2, -0.15) is 0 Å². The van der Waals surface area contributed by atoms with Gasteiger partial charge in [0.2, 0.25) is 11.8 Å². The number of ether oxygens (including phenoxy) is 1. The Hall–Kier alpha value is -3.96. The number of imide groups is 2. The number of benzene rings is 2. The van der Waals surface area contributed by atoms with Gasteiger partial charge < -0.3 is 9.84 Å². The highest BCUT2D eigenvalue weighted by Crippen LogP contribution is 2.65. The Morgan fingerprint density at radius 1 is 1.05 bits per heavy atom. The van der Waals surface area contributed by atoms with E-state index in [0.29, 0.717) is 11.1 Å². The minimum atomic E-state index is -1.98. The lowest BCUT2D eigenvalue weighted by Crippen LogP contribution is -2.60. The molecule has 0 bridgehead atoms. The highest BCUT2D eigenvalue weighted by molar-refractivity contribution is 6.53. The number of carbonyl (C=O) groups is 4. The van der Waals surface area contributed by atoms with Crippen molar-refractivity contribution in [1.82, 2.24) is 4.90 Å². The third-order valence-corrected chi connectivity index (χ3v) is 10.3. The smallest absolute Gasteiger partial charge is 0.271 e. The molecule has 11 nitrogen and oxygen atoms in total. The molecule has 2 aromatic rings. The number of aromatic hydroxyl groups is 1. The number of fused-ring (bicyclic) bond motifs is 4. The Kier molecular flexibility index (Phi) is 5.99. The van der Waals surface area contributed by atoms with Crippen molar-refractivity contribution in [2.75, 3.05) is 19.1 Å². The first-order valence-electron chi connectivity index (χ1n) is 12.8. The van der Waals surface area contributed by atoms with E-state index in [1.807, 2.05) is 0 Å². The van der Waals surface area contributed by atoms with E-state index < -0.39 is 62.0 Å². The zero-order valence-electron chi connectivity index (χ0n) is 21.7. The number of rotatable bonds is 4. The van der Waals surface area contributed by atoms with Crippen LogP contribution in [0.4, 0.5) is 11.4 Å². The number of phenolic OH excluding ortho intramolecular Hbond substituents is 1. The van der Waals surface area contributed by atoms with Gasteiger partial charge in [-0.3, -0.25) is 34.2 Å². The molecule has 0 aromatic heterocycles. The maximum Gasteiger partial charge on any atom is 0.271 e. The number of anilines is 1. The first kappa shape index (κ1) is 27.2. The SMILES string of the molecule is COc1ccc([C@H]2C3=CC[C@@H]4C(=O)N(c5cccc([N+](=O)[O-])c5)C(=O)[C@@H]4[C@@H]3C[C@@]3(Cl)C(=O)N(C)C(=O)[C@@]23Cl)cc1O. The summed E-state index contributed by atoms with van der Waals surface area (Å²) in [5, 5.41) is 21.9. The van der Waals surface area contributed by atoms with E-state index in [0.717, 1.165) is 15.9 Å². The summed E-state index contributed by atoms with van der Waals surface area (Å²) in [5.74, 6) is -6.17. The number of phenols is 1. The van der Waals surface area contributed by atoms with Gasteiger partial charge >= 0.3 is 0 Å². The largest absolute Gasteiger partial charge is 0.504 e. The molecular formula is C28H23Cl2N3O8. The molecule has 3 fully saturated rings. The van der Waals surface area contributed by atoms with Crippen LogP contribution in [0.25, 0.3) is 0 Å². The molecule has 4 aliphatic rings. The molecule has 2 aromatic carbocycles. The first-order chi connectivity index (χ1) is 19.4. The third-order valence-electron chi connectivity index (χ3n) is 8.85. The molecule has 1 saturated carbocycles. The quantitative estimate of drug-likeness (QED) is 0.184. The third kappa shape index (κ3) is 3.45. The van der Waals surface area contributed by atoms with Crippen molar-refractivity contribution in [2.45, 2.75) is 28.5 Å². The number of nitrogens with zero attached hydrogens (tertiary/aromatic N) is 3. The molecule has 13 heteroatoms. The van der Waals surface area contributed by atoms with Gasteiger partial charge in [0.05, 0.1) is 29.6 Å². The standard InChI is InChI=1S/C28H23Cl2N3O8/c1-31-25(37)27(29)12-18-16(22(28(27,30)26(31)38)13-6-9-20(41-2)19(34)10-13)7-8-17-21(18)24(36)32(23(17)35)14-4-3-5-15(11-14)33(39)40/h3-7,9-11,17-18,21-22,34H,8,12H2,1-2H3/t17-,18+,21-,22-,27+,28-/m0/s1. The number of amides is 4. The molecule has 0 spiro atoms. The van der Waals surface area contributed by atoms with E-state index in [4.69, 9.17) is 27.9 Å². The Bertz CT molecular complexity index is 1610. The summed E-state index contributed by atoms with van der Waals surface area (Å²) in [7, 11) is 2.67. The number of nitro benzene ring substituents is 1. The highest BCUT2D eigenvalue weighted by atomic mass is 35.5. The van der Waals surface area contributed by atoms with E-state index in [-0.39, 0.29) is 35.7 Å². The van der Waals surface area contributed by atoms with E-state index in [2.05, 4.69) is 0 Å². The molecule has 41 heavy (non-hydrogen) atoms. The van der Waals surface area contributed by atoms with E-state index in [1.165, 1.54) is 44.5 Å². The number of alkyl halides is 2. The minimum absolute atomic E-state index is 0.0664. The molecular weight excluding hydrogens is 577 g/mol. The number of likely N-dealkylation sites (tertiary alicyclic amines) is 1. The van der Waals surface area contributed by atoms with Crippen molar-refractivity contribution >= 4 is 58.2 Å². The topological polar surface area (TPSA) is 147 Å². The number of halogens is 2. The van der Waals surface area contributed by atoms with Crippen LogP contribution in [0.2, 0.25) is 0 Å². The number of non-ortho nitro benzene ring substituents is 1. The van der Waals surface area contributed by atoms with Crippen molar-refractivity contribution in [3.63, 3.8) is 0 Å². The number of allylic oxidation sites excluding steroid dienone is 2. The lowest BCUT2D eigenvalue weighted by Gasteiger charge is -2.50. The van der Waals surface area contributed by atoms with Crippen molar-refractivity contribution in [3.05, 3.63) is 69.8 Å². The van der Waals surface area contributed by atoms with Crippen LogP contribution in [0, 0.1) is 27.9 Å². The van der Waals surface area contributed by atoms with E-state index >= 15 is 0 Å². The average molecular weight is 600 g/mol. The summed E-state index contributed by atoms with van der Waals surface area (Å²) in [6, 6.07) is 9.73. The molecule has 2 aliphatic carbocycles. The summed E-state index contributed by atoms with van der Waals surface area (Å²) in [6.07, 6.45) is 1.70. The molecule has 2 aliphatic heterocycles. The normalized spacial score (nSPS) is 32.4. The molecule has 0 radical (unpaired) electrons. The Balaban J connectivity index is 1.50. The van der Waals surface area contributed by atoms with Gasteiger partial charge in [-0.05, 0) is 42.5 Å². The molecule has 0 unspecified atom stereocenters. The maximum atomic E-state index is 14.0. The second-order valence-electron chi connectivity index (χ2n) is 10.7. The number of nitro groups is 1. The van der Waals surface area contributed by atoms with Gasteiger partial charge in [0, 0.05) is 25.1 Å². The monoisotopic (exact) mass is 599 g/mol. The fourth-order valence-corrected chi connectivity index (χ4v) is 8.02. The van der Waals surface area contributed by atoms with Crippen molar-refractivity contribution in [1.29, 1.82) is 0 Å². The summed E-state index contributed by atoms with van der Waals surface area (Å²) in [5.41, 5.74) is 0.720. The van der Waals surface area contributed by atoms with Crippen LogP contribution in [0.5, 0.6) is 11.5 Å². The van der Waals surface area contributed by atoms with Crippen LogP contribution in [-0.2, 0) is 19.2 Å². The van der Waals surface area contributed by atoms with Crippen molar-refractivity contribution < 1.29 is 33.9 Å². The van der Waals surface area contributed by atoms with Gasteiger partial charge in [-0.1, -0.05) is 23.8 Å². The Morgan fingerprint density at radius 2 is 1.78 bits per heavy atom. The molecule has 1 N–H and O–H groups in total. The molecule has 2 heterocycles. The second-order valence-corrected chi connectivity index (χ2v) is 12.0. The predicted molar refractivity (Wildman–Crippen MR) is 146 cm³/mol. The summed E-state index contributed by atoms with van der Waals surface area (Å²) >= 11 is 14.2. The van der Waals surface area contributed by atoms with Crippen molar-refractivity contribution in [3.8, 4) is 11.5 Å². The lowest BCUT2D eigenvalue weighted by atomic mass is 9.56. The number of carbonyl (C=O) groups excluding carboxylic acids is 4. The summed E-state index contributed by atoms with van der Waals surface area (Å²) in [6.45, 7) is 0. The predicted octanol–water partition coefficient (Wildman–Crippen LogP) is 3.50. The van der Waals surface area contributed by atoms with Crippen LogP contribution in [0.15, 0.2) is 54.1 Å². The first-order valence-corrected chi connectivity index (χ1v) is 13.5. The fraction of sp³-hybridized carbons (Fsp3) is 0.357. The zero-order valence-corrected chi connectivity index (χ0v) is 23.3. The van der Waals surface area contributed by atoms with Gasteiger partial charge in [0.25, 0.3) is 17.5 Å². The molecule has 2 saturated heterocycles. The minimum Gasteiger partial charge on any atom is -0.504 e. The lowest BCUT2D eigenvalue weighted by molar-refractivity contribution is -0.384. The van der Waals surface area contributed by atoms with Crippen LogP contribution >= 0.6 is 23.2 Å². The Morgan fingerprint density at radius 3 is 2.44 bits per heavy atom. The number of hydrogen-bond donors (Lipinski definition) is 1. The molecule has 6 atom stereocenters. The highest BCUT2D eigenvalue weighted by Gasteiger charge is 2.75. The van der Waals surface area contributed by atoms with E-state index in [1.54, 1.807) is 12.1 Å². The Labute approximate surface area is 243 Å². The molecule has 212 valence electrons. The fourth-order valence-electron chi connectivity index (χ4n) is 7.00. The van der Waals surface area contributed by atoms with Gasteiger partial charge in [0.15, 0.2) is 21.2 Å². The van der Waals surface area contributed by atoms with Gasteiger partial charge in [-0.15, -0.1) is 23.2 Å². The van der Waals surface area contributed by atoms with Gasteiger partial charge in [0.1, 0.15) is 0 Å². The second kappa shape index (κ2) is 9.02. The number of methoxy groups -OCH3 is 1. The summed E-state index contributed by atoms with van der Waals surface area (Å²) in [4.78, 5) is 63.3. The van der Waals surface area contributed by atoms with Crippen molar-refractivity contribution in [2.24, 2.45) is 17.8 Å². The van der Waals surface area contributed by atoms with Gasteiger partial charge in [-0.25, -0.2) is 4.90 Å². The van der Waals surface area contributed by atoms with E-state index in [9.17, 15) is 34.4 Å². The van der Waals surface area contributed by atoms with Crippen LogP contribution in [0.1, 0.15) is 24.3 Å². The van der Waals surface area contributed by atoms with Crippen LogP contribution < -0.4 is 9.64 Å².